The number of esters is 1. The van der Waals surface area contributed by atoms with Gasteiger partial charge in [0, 0.05) is 16.1 Å². The summed E-state index contributed by atoms with van der Waals surface area (Å²) in [6.07, 6.45) is 3.39. The Morgan fingerprint density at radius 1 is 1.10 bits per heavy atom. The molecule has 0 fully saturated rings. The molecule has 7 nitrogen and oxygen atoms in total. The maximum atomic E-state index is 14.1. The molecule has 0 amide bonds. The molecule has 1 aromatic heterocycles. The number of aromatic nitrogens is 1. The largest absolute Gasteiger partial charge is 0.493 e. The number of carbonyl (C=O) groups is 1. The van der Waals surface area contributed by atoms with Gasteiger partial charge in [-0.2, -0.15) is 0 Å². The molecular formula is C32H27ClN2O5S. The summed E-state index contributed by atoms with van der Waals surface area (Å²) >= 11 is 7.43. The molecule has 2 heterocycles. The number of benzene rings is 3. The Bertz CT molecular complexity index is 1810. The first-order chi connectivity index (χ1) is 20.0. The van der Waals surface area contributed by atoms with E-state index in [2.05, 4.69) is 6.58 Å². The number of rotatable bonds is 9. The number of methoxy groups -OCH3 is 1. The summed E-state index contributed by atoms with van der Waals surface area (Å²) in [6.45, 7) is 5.90. The molecule has 1 atom stereocenters. The van der Waals surface area contributed by atoms with Crippen LogP contribution in [0.5, 0.6) is 11.5 Å². The number of hydrogen-bond acceptors (Lipinski definition) is 7. The molecule has 5 rings (SSSR count). The first-order valence-corrected chi connectivity index (χ1v) is 14.1. The predicted octanol–water partition coefficient (Wildman–Crippen LogP) is 5.16. The molecule has 0 saturated heterocycles. The van der Waals surface area contributed by atoms with E-state index in [1.807, 2.05) is 42.5 Å². The zero-order chi connectivity index (χ0) is 28.9. The molecule has 4 aromatic rings. The summed E-state index contributed by atoms with van der Waals surface area (Å²) in [7, 11) is 1.56. The van der Waals surface area contributed by atoms with Crippen molar-refractivity contribution in [3.05, 3.63) is 132 Å². The number of hydrogen-bond donors (Lipinski definition) is 0. The van der Waals surface area contributed by atoms with Crippen LogP contribution in [0.15, 0.2) is 101 Å². The Morgan fingerprint density at radius 3 is 2.54 bits per heavy atom. The third-order valence-corrected chi connectivity index (χ3v) is 7.66. The van der Waals surface area contributed by atoms with Gasteiger partial charge in [-0.1, -0.05) is 90.2 Å². The molecule has 9 heteroatoms. The third-order valence-electron chi connectivity index (χ3n) is 6.42. The van der Waals surface area contributed by atoms with E-state index < -0.39 is 12.0 Å². The second kappa shape index (κ2) is 12.4. The Balaban J connectivity index is 1.81. The van der Waals surface area contributed by atoms with E-state index in [1.165, 1.54) is 11.3 Å². The highest BCUT2D eigenvalue weighted by atomic mass is 35.5. The first kappa shape index (κ1) is 28.1. The molecule has 208 valence electrons. The van der Waals surface area contributed by atoms with Gasteiger partial charge >= 0.3 is 5.97 Å². The van der Waals surface area contributed by atoms with Crippen molar-refractivity contribution >= 4 is 40.7 Å². The molecule has 1 aliphatic rings. The average Bonchev–Trinajstić information content (AvgIpc) is 3.30. The Hall–Kier alpha value is -4.40. The first-order valence-electron chi connectivity index (χ1n) is 12.9. The van der Waals surface area contributed by atoms with E-state index in [4.69, 9.17) is 30.8 Å². The smallest absolute Gasteiger partial charge is 0.338 e. The van der Waals surface area contributed by atoms with E-state index in [1.54, 1.807) is 61.1 Å². The molecule has 1 aliphatic heterocycles. The van der Waals surface area contributed by atoms with Crippen molar-refractivity contribution in [2.75, 3.05) is 20.3 Å². The number of carbonyl (C=O) groups excluding carboxylic acids is 1. The van der Waals surface area contributed by atoms with Crippen molar-refractivity contribution in [2.24, 2.45) is 4.99 Å². The summed E-state index contributed by atoms with van der Waals surface area (Å²) in [5.74, 6) is 0.479. The minimum absolute atomic E-state index is 0.172. The summed E-state index contributed by atoms with van der Waals surface area (Å²) in [5.41, 5.74) is 2.52. The standard InChI is InChI=1S/C32H27ClN2O5S/c1-4-18-40-29-22(12-9-13-24(29)38-3)19-25-30(36)35-28(21-14-16-23(33)17-15-21)26(31(37)39-5-2)27(34-32(35)41-25)20-10-7-6-8-11-20/h4,6-17,19,28H,1,5,18H2,2-3H3/b25-19-/t28-/m1/s1. The van der Waals surface area contributed by atoms with Gasteiger partial charge in [0.15, 0.2) is 16.3 Å². The Kier molecular flexibility index (Phi) is 8.52. The molecule has 0 radical (unpaired) electrons. The van der Waals surface area contributed by atoms with Crippen molar-refractivity contribution in [3.63, 3.8) is 0 Å². The highest BCUT2D eigenvalue weighted by molar-refractivity contribution is 7.07. The predicted molar refractivity (Wildman–Crippen MR) is 161 cm³/mol. The molecule has 3 aromatic carbocycles. The van der Waals surface area contributed by atoms with Crippen LogP contribution < -0.4 is 24.4 Å². The SMILES string of the molecule is C=CCOc1c(/C=c2\sc3n(c2=O)[C@H](c2ccc(Cl)cc2)C(C(=O)OCC)=C(c2ccccc2)N=3)cccc1OC. The number of fused-ring (bicyclic) bond motifs is 1. The van der Waals surface area contributed by atoms with Crippen molar-refractivity contribution in [2.45, 2.75) is 13.0 Å². The lowest BCUT2D eigenvalue weighted by atomic mass is 9.93. The van der Waals surface area contributed by atoms with Crippen molar-refractivity contribution in [1.82, 2.24) is 4.57 Å². The van der Waals surface area contributed by atoms with Crippen LogP contribution in [0, 0.1) is 0 Å². The van der Waals surface area contributed by atoms with Crippen LogP contribution in [0.3, 0.4) is 0 Å². The summed E-state index contributed by atoms with van der Waals surface area (Å²) in [6, 6.07) is 21.1. The second-order valence-electron chi connectivity index (χ2n) is 8.96. The van der Waals surface area contributed by atoms with Crippen LogP contribution in [0.2, 0.25) is 5.02 Å². The Labute approximate surface area is 245 Å². The minimum Gasteiger partial charge on any atom is -0.493 e. The highest BCUT2D eigenvalue weighted by Crippen LogP contribution is 2.36. The van der Waals surface area contributed by atoms with Crippen LogP contribution >= 0.6 is 22.9 Å². The van der Waals surface area contributed by atoms with Gasteiger partial charge in [0.2, 0.25) is 0 Å². The normalized spacial score (nSPS) is 14.7. The van der Waals surface area contributed by atoms with Gasteiger partial charge < -0.3 is 14.2 Å². The van der Waals surface area contributed by atoms with E-state index in [9.17, 15) is 9.59 Å². The van der Waals surface area contributed by atoms with E-state index in [0.717, 1.165) is 5.56 Å². The zero-order valence-electron chi connectivity index (χ0n) is 22.5. The topological polar surface area (TPSA) is 79.1 Å². The lowest BCUT2D eigenvalue weighted by Gasteiger charge is -2.26. The number of ether oxygens (including phenoxy) is 3. The zero-order valence-corrected chi connectivity index (χ0v) is 24.1. The van der Waals surface area contributed by atoms with Crippen LogP contribution in [0.4, 0.5) is 0 Å². The fourth-order valence-corrected chi connectivity index (χ4v) is 5.76. The fraction of sp³-hybridized carbons (Fsp3) is 0.156. The minimum atomic E-state index is -0.790. The number of halogens is 1. The monoisotopic (exact) mass is 586 g/mol. The lowest BCUT2D eigenvalue weighted by Crippen LogP contribution is -2.40. The molecule has 0 unspecified atom stereocenters. The Morgan fingerprint density at radius 2 is 1.85 bits per heavy atom. The summed E-state index contributed by atoms with van der Waals surface area (Å²) in [5, 5.41) is 0.538. The van der Waals surface area contributed by atoms with Crippen LogP contribution in [-0.4, -0.2) is 30.9 Å². The second-order valence-corrected chi connectivity index (χ2v) is 10.4. The number of nitrogens with zero attached hydrogens (tertiary/aromatic N) is 2. The average molecular weight is 587 g/mol. The van der Waals surface area contributed by atoms with Gasteiger partial charge in [-0.05, 0) is 36.8 Å². The fourth-order valence-electron chi connectivity index (χ4n) is 4.65. The van der Waals surface area contributed by atoms with E-state index >= 15 is 0 Å². The van der Waals surface area contributed by atoms with Gasteiger partial charge in [0.05, 0.1) is 35.6 Å². The number of para-hydroxylation sites is 1. The lowest BCUT2D eigenvalue weighted by molar-refractivity contribution is -0.138. The van der Waals surface area contributed by atoms with Crippen molar-refractivity contribution < 1.29 is 19.0 Å². The van der Waals surface area contributed by atoms with Crippen molar-refractivity contribution in [1.29, 1.82) is 0 Å². The maximum absolute atomic E-state index is 14.1. The van der Waals surface area contributed by atoms with E-state index in [0.29, 0.717) is 42.7 Å². The highest BCUT2D eigenvalue weighted by Gasteiger charge is 2.35. The van der Waals surface area contributed by atoms with Gasteiger partial charge in [0.1, 0.15) is 6.61 Å². The molecule has 0 aliphatic carbocycles. The third kappa shape index (κ3) is 5.62. The van der Waals surface area contributed by atoms with Crippen LogP contribution in [0.25, 0.3) is 11.8 Å². The van der Waals surface area contributed by atoms with Crippen LogP contribution in [0.1, 0.15) is 29.7 Å². The van der Waals surface area contributed by atoms with Gasteiger partial charge in [-0.15, -0.1) is 0 Å². The van der Waals surface area contributed by atoms with E-state index in [-0.39, 0.29) is 24.3 Å². The van der Waals surface area contributed by atoms with Gasteiger partial charge in [-0.25, -0.2) is 9.79 Å². The summed E-state index contributed by atoms with van der Waals surface area (Å²) < 4.78 is 18.8. The van der Waals surface area contributed by atoms with Crippen LogP contribution in [-0.2, 0) is 9.53 Å². The van der Waals surface area contributed by atoms with Gasteiger partial charge in [-0.3, -0.25) is 9.36 Å². The molecule has 0 N–H and O–H groups in total. The summed E-state index contributed by atoms with van der Waals surface area (Å²) in [4.78, 5) is 33.0. The molecule has 0 bridgehead atoms. The molecular weight excluding hydrogens is 560 g/mol. The molecule has 0 saturated carbocycles. The maximum Gasteiger partial charge on any atom is 0.338 e. The molecule has 0 spiro atoms. The van der Waals surface area contributed by atoms with Gasteiger partial charge in [0.25, 0.3) is 5.56 Å². The quantitative estimate of drug-likeness (QED) is 0.200. The van der Waals surface area contributed by atoms with Crippen molar-refractivity contribution in [3.8, 4) is 11.5 Å². The number of thiazole rings is 1. The molecule has 41 heavy (non-hydrogen) atoms.